The highest BCUT2D eigenvalue weighted by atomic mass is 31.2. The van der Waals surface area contributed by atoms with Gasteiger partial charge in [0.05, 0.1) is 26.4 Å². The third kappa shape index (κ3) is 70.5. The summed E-state index contributed by atoms with van der Waals surface area (Å²) < 4.78 is 68.6. The van der Waals surface area contributed by atoms with Crippen LogP contribution in [-0.2, 0) is 65.4 Å². The third-order valence-corrected chi connectivity index (χ3v) is 19.7. The maximum Gasteiger partial charge on any atom is 0.472 e. The summed E-state index contributed by atoms with van der Waals surface area (Å²) in [4.78, 5) is 72.8. The Labute approximate surface area is 588 Å². The van der Waals surface area contributed by atoms with Gasteiger partial charge in [-0.25, -0.2) is 9.13 Å². The van der Waals surface area contributed by atoms with E-state index < -0.39 is 97.5 Å². The van der Waals surface area contributed by atoms with Crippen LogP contribution in [0, 0.1) is 23.7 Å². The highest BCUT2D eigenvalue weighted by Gasteiger charge is 2.30. The van der Waals surface area contributed by atoms with Crippen molar-refractivity contribution >= 4 is 39.5 Å². The number of hydrogen-bond acceptors (Lipinski definition) is 15. The van der Waals surface area contributed by atoms with Crippen molar-refractivity contribution < 1.29 is 80.2 Å². The molecule has 19 heteroatoms. The average molecular weight is 1410 g/mol. The molecule has 3 N–H and O–H groups in total. The number of phosphoric acid groups is 2. The van der Waals surface area contributed by atoms with Gasteiger partial charge in [0, 0.05) is 25.7 Å². The van der Waals surface area contributed by atoms with Crippen molar-refractivity contribution in [3.05, 3.63) is 0 Å². The smallest absolute Gasteiger partial charge is 0.462 e. The van der Waals surface area contributed by atoms with Gasteiger partial charge in [0.15, 0.2) is 12.2 Å². The second-order valence-corrected chi connectivity index (χ2v) is 32.6. The molecule has 0 aromatic rings. The zero-order chi connectivity index (χ0) is 71.0. The lowest BCUT2D eigenvalue weighted by Crippen LogP contribution is -2.30. The van der Waals surface area contributed by atoms with Crippen LogP contribution in [0.25, 0.3) is 0 Å². The predicted octanol–water partition coefficient (Wildman–Crippen LogP) is 22.4. The quantitative estimate of drug-likeness (QED) is 0.0222. The topological polar surface area (TPSA) is 237 Å². The molecule has 0 aromatic carbocycles. The van der Waals surface area contributed by atoms with Gasteiger partial charge in [0.1, 0.15) is 19.3 Å². The van der Waals surface area contributed by atoms with Gasteiger partial charge in [-0.2, -0.15) is 0 Å². The van der Waals surface area contributed by atoms with Crippen molar-refractivity contribution in [2.24, 2.45) is 23.7 Å². The van der Waals surface area contributed by atoms with E-state index in [0.29, 0.717) is 31.6 Å². The fraction of sp³-hybridized carbons (Fsp3) is 0.948. The molecule has 0 radical (unpaired) electrons. The van der Waals surface area contributed by atoms with Crippen molar-refractivity contribution in [1.29, 1.82) is 0 Å². The van der Waals surface area contributed by atoms with Crippen molar-refractivity contribution in [2.45, 2.75) is 408 Å². The molecule has 0 amide bonds. The van der Waals surface area contributed by atoms with Crippen molar-refractivity contribution in [3.8, 4) is 0 Å². The lowest BCUT2D eigenvalue weighted by atomic mass is 10.0. The van der Waals surface area contributed by atoms with E-state index in [1.165, 1.54) is 186 Å². The van der Waals surface area contributed by atoms with Crippen LogP contribution >= 0.6 is 15.6 Å². The monoisotopic (exact) mass is 1410 g/mol. The zero-order valence-electron chi connectivity index (χ0n) is 63.0. The number of carbonyl (C=O) groups excluding carboxylic acids is 4. The molecule has 570 valence electrons. The van der Waals surface area contributed by atoms with Crippen molar-refractivity contribution in [1.82, 2.24) is 0 Å². The fourth-order valence-electron chi connectivity index (χ4n) is 11.7. The molecule has 0 aliphatic heterocycles. The van der Waals surface area contributed by atoms with Crippen LogP contribution in [0.3, 0.4) is 0 Å². The number of ether oxygens (including phenoxy) is 4. The summed E-state index contributed by atoms with van der Waals surface area (Å²) in [5, 5.41) is 10.6. The average Bonchev–Trinajstić information content (AvgIpc) is 2.49. The van der Waals surface area contributed by atoms with Gasteiger partial charge >= 0.3 is 39.5 Å². The Bertz CT molecular complexity index is 1880. The van der Waals surface area contributed by atoms with Crippen LogP contribution in [0.2, 0.25) is 0 Å². The van der Waals surface area contributed by atoms with Crippen molar-refractivity contribution in [3.63, 3.8) is 0 Å². The second-order valence-electron chi connectivity index (χ2n) is 29.7. The molecule has 0 heterocycles. The number of aliphatic hydroxyl groups is 1. The van der Waals surface area contributed by atoms with Gasteiger partial charge in [0.25, 0.3) is 0 Å². The highest BCUT2D eigenvalue weighted by Crippen LogP contribution is 2.45. The fourth-order valence-corrected chi connectivity index (χ4v) is 13.3. The zero-order valence-corrected chi connectivity index (χ0v) is 64.8. The van der Waals surface area contributed by atoms with Crippen LogP contribution in [0.4, 0.5) is 0 Å². The Morgan fingerprint density at radius 2 is 0.438 bits per heavy atom. The van der Waals surface area contributed by atoms with Crippen LogP contribution < -0.4 is 0 Å². The van der Waals surface area contributed by atoms with Gasteiger partial charge in [-0.05, 0) is 49.4 Å². The summed E-state index contributed by atoms with van der Waals surface area (Å²) in [6, 6.07) is 0. The predicted molar refractivity (Wildman–Crippen MR) is 391 cm³/mol. The minimum atomic E-state index is -4.96. The molecule has 0 fully saturated rings. The first-order chi connectivity index (χ1) is 46.1. The molecule has 17 nitrogen and oxygen atoms in total. The number of esters is 4. The summed E-state index contributed by atoms with van der Waals surface area (Å²) in [6.07, 6.45) is 51.4. The lowest BCUT2D eigenvalue weighted by Gasteiger charge is -2.21. The maximum absolute atomic E-state index is 13.1. The Balaban J connectivity index is 5.23. The molecule has 0 saturated carbocycles. The highest BCUT2D eigenvalue weighted by molar-refractivity contribution is 7.47. The molecular formula is C77H150O17P2. The maximum atomic E-state index is 13.1. The van der Waals surface area contributed by atoms with Gasteiger partial charge in [0.2, 0.25) is 0 Å². The standard InChI is InChI=1S/C77H150O17P2/c1-67(2)53-45-37-29-23-17-12-9-10-14-20-27-33-43-51-59-77(82)94-73(64-88-75(80)58-50-42-36-35-40-48-56-70(7)8)66-92-96(85,86)90-62-71(78)61-89-95(83,84)91-65-72(63-87-74(79)57-49-41-32-26-22-16-19-25-31-39-47-55-69(5)6)93-76(81)60-52-44-34-28-21-15-11-13-18-24-30-38-46-54-68(3)4/h67-73,78H,9-66H2,1-8H3,(H,83,84)(H,85,86)/t71?,72-,73-/m1/s1. The summed E-state index contributed by atoms with van der Waals surface area (Å²) in [6.45, 7) is 14.2. The SMILES string of the molecule is CC(C)CCCCCCCCCCCCCCCCC(=O)O[C@H](COC(=O)CCCCCCCCC(C)C)COP(=O)(O)OCC(O)COP(=O)(O)OC[C@@H](COC(=O)CCCCCCCCCCCCCC(C)C)OC(=O)CCCCCCCCCCCCCCCC(C)C. The normalized spacial score (nSPS) is 14.1. The van der Waals surface area contributed by atoms with Gasteiger partial charge in [-0.3, -0.25) is 37.3 Å². The first-order valence-corrected chi connectivity index (χ1v) is 42.7. The second kappa shape index (κ2) is 66.3. The summed E-state index contributed by atoms with van der Waals surface area (Å²) >= 11 is 0. The molecule has 5 atom stereocenters. The number of aliphatic hydroxyl groups excluding tert-OH is 1. The van der Waals surface area contributed by atoms with E-state index in [1.54, 1.807) is 0 Å². The molecular weight excluding hydrogens is 1260 g/mol. The van der Waals surface area contributed by atoms with E-state index in [4.69, 9.17) is 37.0 Å². The number of rotatable bonds is 74. The molecule has 96 heavy (non-hydrogen) atoms. The molecule has 3 unspecified atom stereocenters. The molecule has 0 bridgehead atoms. The minimum absolute atomic E-state index is 0.106. The first kappa shape index (κ1) is 94.1. The first-order valence-electron chi connectivity index (χ1n) is 39.7. The van der Waals surface area contributed by atoms with Gasteiger partial charge < -0.3 is 33.8 Å². The summed E-state index contributed by atoms with van der Waals surface area (Å²) in [7, 11) is -9.91. The molecule has 0 spiro atoms. The number of hydrogen-bond donors (Lipinski definition) is 3. The van der Waals surface area contributed by atoms with E-state index in [2.05, 4.69) is 55.4 Å². The van der Waals surface area contributed by atoms with Crippen LogP contribution in [0.15, 0.2) is 0 Å². The number of phosphoric ester groups is 2. The number of unbranched alkanes of at least 4 members (excludes halogenated alkanes) is 40. The van der Waals surface area contributed by atoms with E-state index in [-0.39, 0.29) is 25.7 Å². The third-order valence-electron chi connectivity index (χ3n) is 17.8. The molecule has 0 aliphatic carbocycles. The van der Waals surface area contributed by atoms with Crippen LogP contribution in [-0.4, -0.2) is 96.7 Å². The Morgan fingerprint density at radius 1 is 0.260 bits per heavy atom. The van der Waals surface area contributed by atoms with E-state index in [0.717, 1.165) is 114 Å². The van der Waals surface area contributed by atoms with Gasteiger partial charge in [-0.15, -0.1) is 0 Å². The molecule has 0 aliphatic rings. The van der Waals surface area contributed by atoms with Crippen molar-refractivity contribution in [2.75, 3.05) is 39.6 Å². The van der Waals surface area contributed by atoms with Crippen LogP contribution in [0.5, 0.6) is 0 Å². The van der Waals surface area contributed by atoms with E-state index >= 15 is 0 Å². The minimum Gasteiger partial charge on any atom is -0.462 e. The summed E-state index contributed by atoms with van der Waals surface area (Å²) in [5.74, 6) is 0.912. The van der Waals surface area contributed by atoms with E-state index in [1.807, 2.05) is 0 Å². The Kier molecular flexibility index (Phi) is 65.0. The van der Waals surface area contributed by atoms with Crippen LogP contribution in [0.1, 0.15) is 389 Å². The summed E-state index contributed by atoms with van der Waals surface area (Å²) in [5.41, 5.74) is 0. The molecule has 0 rings (SSSR count). The lowest BCUT2D eigenvalue weighted by molar-refractivity contribution is -0.161. The molecule has 0 aromatic heterocycles. The van der Waals surface area contributed by atoms with Gasteiger partial charge in [-0.1, -0.05) is 338 Å². The van der Waals surface area contributed by atoms with E-state index in [9.17, 15) is 43.2 Å². The largest absolute Gasteiger partial charge is 0.472 e. The molecule has 0 saturated heterocycles. The Morgan fingerprint density at radius 3 is 0.646 bits per heavy atom. The number of carbonyl (C=O) groups is 4. The Hall–Kier alpha value is -1.94.